The Kier molecular flexibility index (Phi) is 5.01. The van der Waals surface area contributed by atoms with Crippen LogP contribution >= 0.6 is 0 Å². The van der Waals surface area contributed by atoms with Gasteiger partial charge in [0.05, 0.1) is 6.54 Å². The molecule has 0 atom stereocenters. The van der Waals surface area contributed by atoms with Gasteiger partial charge in [-0.15, -0.1) is 0 Å². The van der Waals surface area contributed by atoms with Crippen LogP contribution in [0.5, 0.6) is 0 Å². The number of carbonyl (C=O) groups is 1. The van der Waals surface area contributed by atoms with Gasteiger partial charge in [0, 0.05) is 13.0 Å². The van der Waals surface area contributed by atoms with Crippen molar-refractivity contribution in [3.63, 3.8) is 0 Å². The molecule has 1 heterocycles. The molecule has 0 aliphatic rings. The molecule has 0 radical (unpaired) electrons. The van der Waals surface area contributed by atoms with Gasteiger partial charge in [-0.05, 0) is 23.6 Å². The van der Waals surface area contributed by atoms with Crippen LogP contribution in [0, 0.1) is 6.92 Å². The molecule has 1 aromatic heterocycles. The molecule has 0 spiro atoms. The normalized spacial score (nSPS) is 10.5. The number of benzene rings is 2. The van der Waals surface area contributed by atoms with Crippen LogP contribution in [-0.4, -0.2) is 20.7 Å². The van der Waals surface area contributed by atoms with E-state index >= 15 is 0 Å². The first-order valence-electron chi connectivity index (χ1n) is 7.96. The Morgan fingerprint density at radius 1 is 1.12 bits per heavy atom. The second kappa shape index (κ2) is 7.55. The molecule has 3 aromatic rings. The van der Waals surface area contributed by atoms with Gasteiger partial charge in [0.1, 0.15) is 12.7 Å². The predicted molar refractivity (Wildman–Crippen MR) is 93.1 cm³/mol. The SMILES string of the molecule is Cc1cccc(-c2ccc(CNC(=O)CCn3cncn3)cc2)c1. The number of nitrogens with zero attached hydrogens (tertiary/aromatic N) is 3. The highest BCUT2D eigenvalue weighted by Gasteiger charge is 2.03. The van der Waals surface area contributed by atoms with Crippen molar-refractivity contribution in [2.45, 2.75) is 26.4 Å². The molecule has 0 fully saturated rings. The zero-order valence-electron chi connectivity index (χ0n) is 13.6. The smallest absolute Gasteiger partial charge is 0.222 e. The van der Waals surface area contributed by atoms with Crippen LogP contribution in [0.15, 0.2) is 61.2 Å². The molecule has 1 amide bonds. The molecule has 5 nitrogen and oxygen atoms in total. The van der Waals surface area contributed by atoms with Crippen molar-refractivity contribution >= 4 is 5.91 Å². The first-order chi connectivity index (χ1) is 11.7. The molecule has 0 unspecified atom stereocenters. The van der Waals surface area contributed by atoms with E-state index in [2.05, 4.69) is 70.9 Å². The van der Waals surface area contributed by atoms with E-state index in [9.17, 15) is 4.79 Å². The van der Waals surface area contributed by atoms with Crippen LogP contribution < -0.4 is 5.32 Å². The lowest BCUT2D eigenvalue weighted by Gasteiger charge is -2.07. The third-order valence-corrected chi connectivity index (χ3v) is 3.83. The maximum atomic E-state index is 11.9. The molecule has 24 heavy (non-hydrogen) atoms. The van der Waals surface area contributed by atoms with Crippen molar-refractivity contribution < 1.29 is 4.79 Å². The summed E-state index contributed by atoms with van der Waals surface area (Å²) in [6.45, 7) is 3.16. The number of rotatable bonds is 6. The molecule has 0 saturated heterocycles. The topological polar surface area (TPSA) is 59.8 Å². The van der Waals surface area contributed by atoms with E-state index in [1.165, 1.54) is 23.0 Å². The molecule has 0 aliphatic carbocycles. The Bertz CT molecular complexity index is 794. The molecule has 1 N–H and O–H groups in total. The third kappa shape index (κ3) is 4.29. The van der Waals surface area contributed by atoms with Gasteiger partial charge in [0.25, 0.3) is 0 Å². The fourth-order valence-corrected chi connectivity index (χ4v) is 2.49. The molecular formula is C19H20N4O. The molecule has 3 rings (SSSR count). The largest absolute Gasteiger partial charge is 0.352 e. The fourth-order valence-electron chi connectivity index (χ4n) is 2.49. The number of carbonyl (C=O) groups excluding carboxylic acids is 1. The summed E-state index contributed by atoms with van der Waals surface area (Å²) in [5, 5.41) is 6.91. The summed E-state index contributed by atoms with van der Waals surface area (Å²) in [5.41, 5.74) is 4.72. The van der Waals surface area contributed by atoms with Gasteiger partial charge in [-0.2, -0.15) is 5.10 Å². The average molecular weight is 320 g/mol. The molecule has 0 bridgehead atoms. The summed E-state index contributed by atoms with van der Waals surface area (Å²) in [7, 11) is 0. The van der Waals surface area contributed by atoms with E-state index in [0.717, 1.165) is 5.56 Å². The first-order valence-corrected chi connectivity index (χ1v) is 7.96. The average Bonchev–Trinajstić information content (AvgIpc) is 3.12. The quantitative estimate of drug-likeness (QED) is 0.759. The van der Waals surface area contributed by atoms with Crippen molar-refractivity contribution in [3.8, 4) is 11.1 Å². The maximum absolute atomic E-state index is 11.9. The van der Waals surface area contributed by atoms with Crippen LogP contribution in [0.2, 0.25) is 0 Å². The lowest BCUT2D eigenvalue weighted by Crippen LogP contribution is -2.24. The van der Waals surface area contributed by atoms with Gasteiger partial charge in [-0.25, -0.2) is 4.98 Å². The van der Waals surface area contributed by atoms with Gasteiger partial charge < -0.3 is 5.32 Å². The summed E-state index contributed by atoms with van der Waals surface area (Å²) in [4.78, 5) is 15.7. The first kappa shape index (κ1) is 15.9. The zero-order chi connectivity index (χ0) is 16.8. The summed E-state index contributed by atoms with van der Waals surface area (Å²) in [6.07, 6.45) is 3.47. The van der Waals surface area contributed by atoms with Crippen LogP contribution in [0.4, 0.5) is 0 Å². The summed E-state index contributed by atoms with van der Waals surface area (Å²) < 4.78 is 1.65. The van der Waals surface area contributed by atoms with Gasteiger partial charge in [-0.3, -0.25) is 9.48 Å². The van der Waals surface area contributed by atoms with Crippen LogP contribution in [0.1, 0.15) is 17.5 Å². The minimum atomic E-state index is 0.00765. The summed E-state index contributed by atoms with van der Waals surface area (Å²) in [6, 6.07) is 16.7. The number of nitrogens with one attached hydrogen (secondary N) is 1. The minimum absolute atomic E-state index is 0.00765. The number of amides is 1. The minimum Gasteiger partial charge on any atom is -0.352 e. The number of hydrogen-bond acceptors (Lipinski definition) is 3. The van der Waals surface area contributed by atoms with E-state index in [0.29, 0.717) is 19.5 Å². The van der Waals surface area contributed by atoms with Crippen LogP contribution in [0.25, 0.3) is 11.1 Å². The van der Waals surface area contributed by atoms with Gasteiger partial charge in [-0.1, -0.05) is 54.1 Å². The highest BCUT2D eigenvalue weighted by Crippen LogP contribution is 2.20. The molecule has 122 valence electrons. The van der Waals surface area contributed by atoms with Crippen molar-refractivity contribution in [3.05, 3.63) is 72.3 Å². The van der Waals surface area contributed by atoms with E-state index in [1.807, 2.05) is 0 Å². The molecule has 2 aromatic carbocycles. The van der Waals surface area contributed by atoms with E-state index in [-0.39, 0.29) is 5.91 Å². The number of aromatic nitrogens is 3. The fraction of sp³-hybridized carbons (Fsp3) is 0.211. The summed E-state index contributed by atoms with van der Waals surface area (Å²) in [5.74, 6) is 0.00765. The Labute approximate surface area is 141 Å². The molecular weight excluding hydrogens is 300 g/mol. The Morgan fingerprint density at radius 3 is 2.67 bits per heavy atom. The Balaban J connectivity index is 1.51. The Morgan fingerprint density at radius 2 is 1.96 bits per heavy atom. The van der Waals surface area contributed by atoms with E-state index in [1.54, 1.807) is 11.0 Å². The highest BCUT2D eigenvalue weighted by atomic mass is 16.1. The van der Waals surface area contributed by atoms with Gasteiger partial charge in [0.2, 0.25) is 5.91 Å². The Hall–Kier alpha value is -2.95. The zero-order valence-corrected chi connectivity index (χ0v) is 13.6. The molecule has 0 saturated carbocycles. The number of hydrogen-bond donors (Lipinski definition) is 1. The monoisotopic (exact) mass is 320 g/mol. The van der Waals surface area contributed by atoms with Crippen molar-refractivity contribution in [1.82, 2.24) is 20.1 Å². The van der Waals surface area contributed by atoms with Gasteiger partial charge in [0.15, 0.2) is 0 Å². The van der Waals surface area contributed by atoms with E-state index in [4.69, 9.17) is 0 Å². The standard InChI is InChI=1S/C19H20N4O/c1-15-3-2-4-18(11-15)17-7-5-16(6-8-17)12-21-19(24)9-10-23-14-20-13-22-23/h2-8,11,13-14H,9-10,12H2,1H3,(H,21,24). The second-order valence-corrected chi connectivity index (χ2v) is 5.75. The van der Waals surface area contributed by atoms with Crippen molar-refractivity contribution in [1.29, 1.82) is 0 Å². The second-order valence-electron chi connectivity index (χ2n) is 5.75. The molecule has 5 heteroatoms. The summed E-state index contributed by atoms with van der Waals surface area (Å²) >= 11 is 0. The highest BCUT2D eigenvalue weighted by molar-refractivity contribution is 5.75. The van der Waals surface area contributed by atoms with E-state index < -0.39 is 0 Å². The van der Waals surface area contributed by atoms with Crippen molar-refractivity contribution in [2.24, 2.45) is 0 Å². The van der Waals surface area contributed by atoms with Crippen LogP contribution in [-0.2, 0) is 17.9 Å². The van der Waals surface area contributed by atoms with Gasteiger partial charge >= 0.3 is 0 Å². The lowest BCUT2D eigenvalue weighted by atomic mass is 10.0. The lowest BCUT2D eigenvalue weighted by molar-refractivity contribution is -0.121. The predicted octanol–water partition coefficient (Wildman–Crippen LogP) is 2.96. The number of aryl methyl sites for hydroxylation is 2. The maximum Gasteiger partial charge on any atom is 0.222 e. The molecule has 0 aliphatic heterocycles. The van der Waals surface area contributed by atoms with Crippen LogP contribution in [0.3, 0.4) is 0 Å². The van der Waals surface area contributed by atoms with Crippen molar-refractivity contribution in [2.75, 3.05) is 0 Å². The third-order valence-electron chi connectivity index (χ3n) is 3.83.